The Morgan fingerprint density at radius 2 is 1.76 bits per heavy atom. The van der Waals surface area contributed by atoms with Gasteiger partial charge >= 0.3 is 0 Å². The first kappa shape index (κ1) is 17.6. The van der Waals surface area contributed by atoms with Crippen LogP contribution in [0.15, 0.2) is 65.6 Å². The molecule has 0 aliphatic carbocycles. The van der Waals surface area contributed by atoms with Crippen LogP contribution in [-0.4, -0.2) is 32.1 Å². The van der Waals surface area contributed by atoms with Gasteiger partial charge in [0, 0.05) is 13.0 Å². The van der Waals surface area contributed by atoms with Crippen LogP contribution in [0.1, 0.15) is 12.0 Å². The molecule has 6 nitrogen and oxygen atoms in total. The summed E-state index contributed by atoms with van der Waals surface area (Å²) in [5.74, 6) is 0. The van der Waals surface area contributed by atoms with E-state index in [1.165, 1.54) is 17.1 Å². The second kappa shape index (κ2) is 7.76. The summed E-state index contributed by atoms with van der Waals surface area (Å²) in [5.41, 5.74) is 1.04. The van der Waals surface area contributed by atoms with Crippen LogP contribution < -0.4 is 4.83 Å². The van der Waals surface area contributed by atoms with Gasteiger partial charge in [-0.15, -0.1) is 4.83 Å². The summed E-state index contributed by atoms with van der Waals surface area (Å²) in [6, 6.07) is 19.4. The van der Waals surface area contributed by atoms with Crippen molar-refractivity contribution in [2.24, 2.45) is 0 Å². The lowest BCUT2D eigenvalue weighted by Gasteiger charge is -2.20. The van der Waals surface area contributed by atoms with Crippen LogP contribution in [0, 0.1) is 11.3 Å². The molecule has 0 saturated carbocycles. The minimum atomic E-state index is -3.71. The van der Waals surface area contributed by atoms with Gasteiger partial charge in [0.1, 0.15) is 6.04 Å². The molecule has 0 unspecified atom stereocenters. The number of hydrogen-bond acceptors (Lipinski definition) is 5. The molecule has 7 heteroatoms. The van der Waals surface area contributed by atoms with E-state index < -0.39 is 16.1 Å². The smallest absolute Gasteiger partial charge is 0.253 e. The van der Waals surface area contributed by atoms with E-state index in [4.69, 9.17) is 4.74 Å². The minimum Gasteiger partial charge on any atom is -0.372 e. The number of nitrogens with one attached hydrogen (secondary N) is 1. The Morgan fingerprint density at radius 1 is 1.12 bits per heavy atom. The van der Waals surface area contributed by atoms with Gasteiger partial charge in [-0.2, -0.15) is 5.26 Å². The first-order valence-electron chi connectivity index (χ1n) is 7.98. The summed E-state index contributed by atoms with van der Waals surface area (Å²) in [7, 11) is -3.71. The highest BCUT2D eigenvalue weighted by atomic mass is 32.2. The zero-order chi connectivity index (χ0) is 17.7. The highest BCUT2D eigenvalue weighted by Gasteiger charge is 2.35. The van der Waals surface area contributed by atoms with Crippen molar-refractivity contribution in [2.75, 3.05) is 6.54 Å². The van der Waals surface area contributed by atoms with Gasteiger partial charge in [0.2, 0.25) is 0 Å². The lowest BCUT2D eigenvalue weighted by molar-refractivity contribution is 0.0451. The predicted octanol–water partition coefficient (Wildman–Crippen LogP) is 2.06. The zero-order valence-corrected chi connectivity index (χ0v) is 14.4. The second-order valence-electron chi connectivity index (χ2n) is 5.86. The van der Waals surface area contributed by atoms with E-state index in [0.29, 0.717) is 19.6 Å². The normalized spacial score (nSPS) is 21.1. The fourth-order valence-electron chi connectivity index (χ4n) is 2.74. The molecule has 2 atom stereocenters. The quantitative estimate of drug-likeness (QED) is 0.856. The van der Waals surface area contributed by atoms with Gasteiger partial charge in [0.15, 0.2) is 0 Å². The fourth-order valence-corrected chi connectivity index (χ4v) is 3.87. The van der Waals surface area contributed by atoms with Gasteiger partial charge in [-0.25, -0.2) is 13.4 Å². The molecule has 2 aromatic rings. The van der Waals surface area contributed by atoms with E-state index >= 15 is 0 Å². The topological polar surface area (TPSA) is 82.4 Å². The molecule has 0 aromatic heterocycles. The number of nitrogens with zero attached hydrogens (tertiary/aromatic N) is 2. The molecule has 1 aliphatic rings. The zero-order valence-electron chi connectivity index (χ0n) is 13.6. The van der Waals surface area contributed by atoms with Gasteiger partial charge in [-0.05, 0) is 17.7 Å². The maximum atomic E-state index is 12.4. The van der Waals surface area contributed by atoms with Gasteiger partial charge in [-0.1, -0.05) is 48.5 Å². The van der Waals surface area contributed by atoms with E-state index in [0.717, 1.165) is 5.56 Å². The fraction of sp³-hybridized carbons (Fsp3) is 0.278. The molecule has 0 spiro atoms. The van der Waals surface area contributed by atoms with E-state index in [9.17, 15) is 13.7 Å². The molecule has 1 fully saturated rings. The van der Waals surface area contributed by atoms with Crippen LogP contribution in [-0.2, 0) is 21.4 Å². The van der Waals surface area contributed by atoms with E-state index in [-0.39, 0.29) is 11.0 Å². The van der Waals surface area contributed by atoms with Gasteiger partial charge < -0.3 is 4.74 Å². The first-order valence-corrected chi connectivity index (χ1v) is 9.46. The van der Waals surface area contributed by atoms with Crippen molar-refractivity contribution in [3.05, 3.63) is 66.2 Å². The third-order valence-electron chi connectivity index (χ3n) is 4.03. The van der Waals surface area contributed by atoms with Crippen molar-refractivity contribution < 1.29 is 13.2 Å². The van der Waals surface area contributed by atoms with Crippen molar-refractivity contribution in [1.29, 1.82) is 5.26 Å². The monoisotopic (exact) mass is 357 g/mol. The van der Waals surface area contributed by atoms with Crippen LogP contribution in [0.4, 0.5) is 0 Å². The first-order chi connectivity index (χ1) is 12.1. The van der Waals surface area contributed by atoms with Crippen molar-refractivity contribution in [3.8, 4) is 6.07 Å². The second-order valence-corrected chi connectivity index (χ2v) is 7.52. The number of hydrazine groups is 1. The Bertz CT molecular complexity index is 835. The molecule has 0 bridgehead atoms. The Labute approximate surface area is 147 Å². The number of ether oxygens (including phenoxy) is 1. The van der Waals surface area contributed by atoms with E-state index in [2.05, 4.69) is 10.9 Å². The van der Waals surface area contributed by atoms with Crippen molar-refractivity contribution in [3.63, 3.8) is 0 Å². The summed E-state index contributed by atoms with van der Waals surface area (Å²) in [6.45, 7) is 0.764. The SMILES string of the molecule is N#C[C@@H]1C[C@H](OCc2ccccc2)CN1NS(=O)(=O)c1ccccc1. The summed E-state index contributed by atoms with van der Waals surface area (Å²) >= 11 is 0. The van der Waals surface area contributed by atoms with Crippen LogP contribution in [0.5, 0.6) is 0 Å². The van der Waals surface area contributed by atoms with E-state index in [1.807, 2.05) is 30.3 Å². The molecule has 3 rings (SSSR count). The summed E-state index contributed by atoms with van der Waals surface area (Å²) in [5, 5.41) is 10.8. The van der Waals surface area contributed by atoms with Crippen molar-refractivity contribution >= 4 is 10.0 Å². The van der Waals surface area contributed by atoms with Crippen LogP contribution in [0.2, 0.25) is 0 Å². The molecule has 1 aliphatic heterocycles. The molecule has 25 heavy (non-hydrogen) atoms. The molecule has 130 valence electrons. The number of nitriles is 1. The average molecular weight is 357 g/mol. The highest BCUT2D eigenvalue weighted by Crippen LogP contribution is 2.21. The van der Waals surface area contributed by atoms with Gasteiger partial charge in [0.05, 0.1) is 23.7 Å². The number of rotatable bonds is 6. The maximum absolute atomic E-state index is 12.4. The van der Waals surface area contributed by atoms with Gasteiger partial charge in [-0.3, -0.25) is 0 Å². The van der Waals surface area contributed by atoms with Crippen LogP contribution >= 0.6 is 0 Å². The number of benzene rings is 2. The largest absolute Gasteiger partial charge is 0.372 e. The third-order valence-corrected chi connectivity index (χ3v) is 5.40. The van der Waals surface area contributed by atoms with Crippen molar-refractivity contribution in [2.45, 2.75) is 30.1 Å². The standard InChI is InChI=1S/C18H19N3O3S/c19-12-16-11-17(24-14-15-7-3-1-4-8-15)13-21(16)20-25(22,23)18-9-5-2-6-10-18/h1-10,16-17,20H,11,13-14H2/t16-,17-/m0/s1. The van der Waals surface area contributed by atoms with E-state index in [1.54, 1.807) is 18.2 Å². The minimum absolute atomic E-state index is 0.167. The van der Waals surface area contributed by atoms with Gasteiger partial charge in [0.25, 0.3) is 10.0 Å². The molecular formula is C18H19N3O3S. The summed E-state index contributed by atoms with van der Waals surface area (Å²) < 4.78 is 30.7. The van der Waals surface area contributed by atoms with Crippen LogP contribution in [0.3, 0.4) is 0 Å². The lowest BCUT2D eigenvalue weighted by Crippen LogP contribution is -2.45. The predicted molar refractivity (Wildman–Crippen MR) is 92.5 cm³/mol. The summed E-state index contributed by atoms with van der Waals surface area (Å²) in [6.07, 6.45) is 0.254. The van der Waals surface area contributed by atoms with Crippen molar-refractivity contribution in [1.82, 2.24) is 9.84 Å². The molecule has 0 radical (unpaired) electrons. The Hall–Kier alpha value is -2.24. The number of hydrogen-bond donors (Lipinski definition) is 1. The lowest BCUT2D eigenvalue weighted by atomic mass is 10.2. The molecule has 1 N–H and O–H groups in total. The Kier molecular flexibility index (Phi) is 5.46. The molecular weight excluding hydrogens is 338 g/mol. The third kappa shape index (κ3) is 4.44. The van der Waals surface area contributed by atoms with Crippen LogP contribution in [0.25, 0.3) is 0 Å². The Balaban J connectivity index is 1.63. The number of sulfonamides is 1. The maximum Gasteiger partial charge on any atom is 0.253 e. The molecule has 1 heterocycles. The summed E-state index contributed by atoms with van der Waals surface area (Å²) in [4.78, 5) is 2.67. The average Bonchev–Trinajstić information content (AvgIpc) is 3.03. The molecule has 2 aromatic carbocycles. The highest BCUT2D eigenvalue weighted by molar-refractivity contribution is 7.89. The Morgan fingerprint density at radius 3 is 2.40 bits per heavy atom. The molecule has 1 saturated heterocycles. The molecule has 0 amide bonds.